The zero-order chi connectivity index (χ0) is 26.1. The molecule has 0 radical (unpaired) electrons. The number of piperidine rings is 1. The number of hydrogen-bond donors (Lipinski definition) is 0. The number of benzene rings is 3. The van der Waals surface area contributed by atoms with E-state index >= 15 is 0 Å². The average Bonchev–Trinajstić information content (AvgIpc) is 3.61. The maximum atomic E-state index is 13.3. The van der Waals surface area contributed by atoms with Crippen LogP contribution in [0.1, 0.15) is 33.8 Å². The van der Waals surface area contributed by atoms with E-state index in [2.05, 4.69) is 0 Å². The van der Waals surface area contributed by atoms with Crippen LogP contribution in [0.25, 0.3) is 11.3 Å². The minimum absolute atomic E-state index is 0.0122. The fourth-order valence-corrected chi connectivity index (χ4v) is 5.58. The molecular formula is C31H27ClN2O4. The molecule has 2 amide bonds. The lowest BCUT2D eigenvalue weighted by Crippen LogP contribution is -2.49. The molecule has 3 aromatic carbocycles. The number of nitrogens with zero attached hydrogens (tertiary/aromatic N) is 2. The van der Waals surface area contributed by atoms with Gasteiger partial charge in [-0.2, -0.15) is 0 Å². The Balaban J connectivity index is 1.08. The summed E-state index contributed by atoms with van der Waals surface area (Å²) < 4.78 is 11.8. The third-order valence-electron chi connectivity index (χ3n) is 7.41. The van der Waals surface area contributed by atoms with Crippen molar-refractivity contribution in [2.75, 3.05) is 19.6 Å². The molecule has 0 saturated carbocycles. The number of furan rings is 1. The molecule has 2 aliphatic rings. The Morgan fingerprint density at radius 2 is 1.53 bits per heavy atom. The van der Waals surface area contributed by atoms with E-state index in [-0.39, 0.29) is 23.8 Å². The minimum atomic E-state index is -0.0912. The van der Waals surface area contributed by atoms with Gasteiger partial charge in [-0.25, -0.2) is 0 Å². The SMILES string of the molecule is O=C(c1ccc(Oc2ccccc2)cc1)N1CC[C@@H]2[C@H](CCN2C(=O)c2ccc(-c3ccc(Cl)cc3)o2)C1. The van der Waals surface area contributed by atoms with Crippen molar-refractivity contribution in [2.45, 2.75) is 18.9 Å². The number of para-hydroxylation sites is 1. The quantitative estimate of drug-likeness (QED) is 0.288. The Morgan fingerprint density at radius 1 is 0.789 bits per heavy atom. The van der Waals surface area contributed by atoms with Crippen LogP contribution in [0.15, 0.2) is 95.4 Å². The number of ether oxygens (including phenoxy) is 1. The van der Waals surface area contributed by atoms with E-state index in [0.717, 1.165) is 24.2 Å². The highest BCUT2D eigenvalue weighted by Gasteiger charge is 2.42. The van der Waals surface area contributed by atoms with Gasteiger partial charge < -0.3 is 19.0 Å². The molecule has 2 fully saturated rings. The number of halogens is 1. The zero-order valence-electron chi connectivity index (χ0n) is 20.8. The van der Waals surface area contributed by atoms with Crippen LogP contribution in [0.4, 0.5) is 0 Å². The van der Waals surface area contributed by atoms with Crippen molar-refractivity contribution in [3.8, 4) is 22.8 Å². The molecule has 0 bridgehead atoms. The van der Waals surface area contributed by atoms with Gasteiger partial charge in [-0.15, -0.1) is 0 Å². The van der Waals surface area contributed by atoms with Crippen molar-refractivity contribution in [2.24, 2.45) is 5.92 Å². The maximum Gasteiger partial charge on any atom is 0.289 e. The third kappa shape index (κ3) is 4.92. The molecular weight excluding hydrogens is 500 g/mol. The first-order valence-electron chi connectivity index (χ1n) is 12.8. The van der Waals surface area contributed by atoms with Gasteiger partial charge in [0.25, 0.3) is 11.8 Å². The Hall–Kier alpha value is -4.03. The van der Waals surface area contributed by atoms with E-state index in [4.69, 9.17) is 20.8 Å². The maximum absolute atomic E-state index is 13.3. The van der Waals surface area contributed by atoms with Crippen molar-refractivity contribution in [3.05, 3.63) is 107 Å². The summed E-state index contributed by atoms with van der Waals surface area (Å²) in [6, 6.07) is 27.8. The van der Waals surface area contributed by atoms with Gasteiger partial charge in [0, 0.05) is 41.8 Å². The molecule has 6 rings (SSSR count). The summed E-state index contributed by atoms with van der Waals surface area (Å²) >= 11 is 5.98. The first kappa shape index (κ1) is 24.3. The minimum Gasteiger partial charge on any atom is -0.457 e. The summed E-state index contributed by atoms with van der Waals surface area (Å²) in [6.45, 7) is 1.92. The van der Waals surface area contributed by atoms with Crippen LogP contribution in [-0.4, -0.2) is 47.3 Å². The summed E-state index contributed by atoms with van der Waals surface area (Å²) in [7, 11) is 0. The molecule has 0 spiro atoms. The van der Waals surface area contributed by atoms with Gasteiger partial charge in [-0.05, 0) is 91.6 Å². The van der Waals surface area contributed by atoms with Crippen LogP contribution >= 0.6 is 11.6 Å². The molecule has 0 unspecified atom stereocenters. The predicted molar refractivity (Wildman–Crippen MR) is 146 cm³/mol. The Morgan fingerprint density at radius 3 is 2.29 bits per heavy atom. The number of carbonyl (C=O) groups excluding carboxylic acids is 2. The molecule has 0 N–H and O–H groups in total. The lowest BCUT2D eigenvalue weighted by molar-refractivity contribution is 0.0523. The second-order valence-electron chi connectivity index (χ2n) is 9.76. The number of likely N-dealkylation sites (tertiary alicyclic amines) is 2. The van der Waals surface area contributed by atoms with Gasteiger partial charge >= 0.3 is 0 Å². The van der Waals surface area contributed by atoms with Crippen molar-refractivity contribution in [3.63, 3.8) is 0 Å². The van der Waals surface area contributed by atoms with Gasteiger partial charge in [0.15, 0.2) is 5.76 Å². The monoisotopic (exact) mass is 526 g/mol. The molecule has 2 atom stereocenters. The fourth-order valence-electron chi connectivity index (χ4n) is 5.46. The summed E-state index contributed by atoms with van der Waals surface area (Å²) in [4.78, 5) is 30.4. The van der Waals surface area contributed by atoms with Crippen LogP contribution in [0, 0.1) is 5.92 Å². The number of amides is 2. The van der Waals surface area contributed by atoms with Crippen LogP contribution in [-0.2, 0) is 0 Å². The number of carbonyl (C=O) groups is 2. The molecule has 38 heavy (non-hydrogen) atoms. The van der Waals surface area contributed by atoms with Gasteiger partial charge in [0.1, 0.15) is 17.3 Å². The van der Waals surface area contributed by atoms with E-state index in [1.165, 1.54) is 0 Å². The largest absolute Gasteiger partial charge is 0.457 e. The molecule has 1 aromatic heterocycles. The van der Waals surface area contributed by atoms with Gasteiger partial charge in [-0.1, -0.05) is 29.8 Å². The molecule has 0 aliphatic carbocycles. The molecule has 2 aliphatic heterocycles. The van der Waals surface area contributed by atoms with Crippen molar-refractivity contribution < 1.29 is 18.7 Å². The Bertz CT molecular complexity index is 1430. The van der Waals surface area contributed by atoms with Crippen LogP contribution in [0.2, 0.25) is 5.02 Å². The highest BCUT2D eigenvalue weighted by Crippen LogP contribution is 2.34. The van der Waals surface area contributed by atoms with Gasteiger partial charge in [0.05, 0.1) is 0 Å². The van der Waals surface area contributed by atoms with E-state index in [1.807, 2.05) is 82.6 Å². The molecule has 4 aromatic rings. The smallest absolute Gasteiger partial charge is 0.289 e. The van der Waals surface area contributed by atoms with E-state index < -0.39 is 0 Å². The van der Waals surface area contributed by atoms with E-state index in [1.54, 1.807) is 18.2 Å². The van der Waals surface area contributed by atoms with Gasteiger partial charge in [0.2, 0.25) is 0 Å². The molecule has 2 saturated heterocycles. The second-order valence-corrected chi connectivity index (χ2v) is 10.2. The molecule has 192 valence electrons. The molecule has 6 nitrogen and oxygen atoms in total. The van der Waals surface area contributed by atoms with E-state index in [0.29, 0.717) is 47.5 Å². The second kappa shape index (κ2) is 10.4. The summed E-state index contributed by atoms with van der Waals surface area (Å²) in [5, 5.41) is 0.652. The Labute approximate surface area is 226 Å². The standard InChI is InChI=1S/C31H27ClN2O4/c32-24-10-6-21(7-11-24)28-14-15-29(38-28)31(36)34-19-16-23-20-33(18-17-27(23)34)30(35)22-8-12-26(13-9-22)37-25-4-2-1-3-5-25/h1-15,23,27H,16-20H2/t23-,27-/m1/s1. The third-order valence-corrected chi connectivity index (χ3v) is 7.66. The van der Waals surface area contributed by atoms with E-state index in [9.17, 15) is 9.59 Å². The lowest BCUT2D eigenvalue weighted by Gasteiger charge is -2.37. The first-order chi connectivity index (χ1) is 18.5. The number of rotatable bonds is 5. The normalized spacial score (nSPS) is 18.8. The highest BCUT2D eigenvalue weighted by molar-refractivity contribution is 6.30. The zero-order valence-corrected chi connectivity index (χ0v) is 21.5. The summed E-state index contributed by atoms with van der Waals surface area (Å²) in [6.07, 6.45) is 1.62. The average molecular weight is 527 g/mol. The van der Waals surface area contributed by atoms with Gasteiger partial charge in [-0.3, -0.25) is 9.59 Å². The van der Waals surface area contributed by atoms with Crippen molar-refractivity contribution in [1.29, 1.82) is 0 Å². The molecule has 3 heterocycles. The Kier molecular flexibility index (Phi) is 6.64. The molecule has 7 heteroatoms. The summed E-state index contributed by atoms with van der Waals surface area (Å²) in [5.41, 5.74) is 1.51. The highest BCUT2D eigenvalue weighted by atomic mass is 35.5. The topological polar surface area (TPSA) is 63.0 Å². The number of fused-ring (bicyclic) bond motifs is 1. The van der Waals surface area contributed by atoms with Crippen molar-refractivity contribution in [1.82, 2.24) is 9.80 Å². The first-order valence-corrected chi connectivity index (χ1v) is 13.2. The lowest BCUT2D eigenvalue weighted by atomic mass is 9.92. The van der Waals surface area contributed by atoms with Crippen LogP contribution < -0.4 is 4.74 Å². The van der Waals surface area contributed by atoms with Crippen molar-refractivity contribution >= 4 is 23.4 Å². The van der Waals surface area contributed by atoms with Crippen LogP contribution in [0.5, 0.6) is 11.5 Å². The predicted octanol–water partition coefficient (Wildman–Crippen LogP) is 6.77. The number of hydrogen-bond acceptors (Lipinski definition) is 4. The fraction of sp³-hybridized carbons (Fsp3) is 0.226. The summed E-state index contributed by atoms with van der Waals surface area (Å²) in [5.74, 6) is 2.60. The van der Waals surface area contributed by atoms with Crippen LogP contribution in [0.3, 0.4) is 0 Å².